The van der Waals surface area contributed by atoms with E-state index in [1.165, 1.54) is 24.4 Å². The van der Waals surface area contributed by atoms with Crippen molar-refractivity contribution >= 4 is 46.1 Å². The number of hydrogen-bond acceptors (Lipinski definition) is 7. The monoisotopic (exact) mass is 533 g/mol. The first kappa shape index (κ1) is 26.9. The molecule has 38 heavy (non-hydrogen) atoms. The minimum Gasteiger partial charge on any atom is -0.380 e. The standard InChI is InChI=1S/C28H29ClFN7O/c1-3-28(38)35-26-14-21(37-11-9-36(4-2)10-12-37)6-8-24(26)34-27-15-25(20(16-31)18-33-27)32-17-19-5-7-23(30)22(29)13-19/h3,5-8,13-15,18H,1,4,9-12,17H2,2H3,(H,35,38)(H2,32,33,34). The Hall–Kier alpha value is -4.13. The zero-order chi connectivity index (χ0) is 27.1. The minimum absolute atomic E-state index is 0.0340. The third kappa shape index (κ3) is 6.59. The predicted octanol–water partition coefficient (Wildman–Crippen LogP) is 5.37. The molecule has 0 bridgehead atoms. The summed E-state index contributed by atoms with van der Waals surface area (Å²) in [5, 5.41) is 18.9. The lowest BCUT2D eigenvalue weighted by Gasteiger charge is -2.35. The summed E-state index contributed by atoms with van der Waals surface area (Å²) >= 11 is 5.89. The van der Waals surface area contributed by atoms with Crippen LogP contribution >= 0.6 is 11.6 Å². The Morgan fingerprint density at radius 2 is 1.95 bits per heavy atom. The fraction of sp³-hybridized carbons (Fsp3) is 0.250. The zero-order valence-corrected chi connectivity index (χ0v) is 21.9. The van der Waals surface area contributed by atoms with E-state index in [0.29, 0.717) is 35.0 Å². The number of nitrogens with one attached hydrogen (secondary N) is 3. The number of likely N-dealkylation sites (N-methyl/N-ethyl adjacent to an activating group) is 1. The van der Waals surface area contributed by atoms with Crippen LogP contribution < -0.4 is 20.9 Å². The van der Waals surface area contributed by atoms with Crippen LogP contribution in [0.1, 0.15) is 18.1 Å². The van der Waals surface area contributed by atoms with Gasteiger partial charge in [0.05, 0.1) is 27.6 Å². The normalized spacial score (nSPS) is 13.5. The molecule has 0 saturated carbocycles. The van der Waals surface area contributed by atoms with Crippen molar-refractivity contribution in [3.63, 3.8) is 0 Å². The third-order valence-corrected chi connectivity index (χ3v) is 6.67. The molecule has 1 aliphatic heterocycles. The van der Waals surface area contributed by atoms with Crippen molar-refractivity contribution in [2.45, 2.75) is 13.5 Å². The first-order valence-electron chi connectivity index (χ1n) is 12.3. The highest BCUT2D eigenvalue weighted by Crippen LogP contribution is 2.32. The van der Waals surface area contributed by atoms with Crippen molar-refractivity contribution in [1.29, 1.82) is 5.26 Å². The molecular weight excluding hydrogens is 505 g/mol. The second-order valence-electron chi connectivity index (χ2n) is 8.80. The average Bonchev–Trinajstić information content (AvgIpc) is 2.94. The summed E-state index contributed by atoms with van der Waals surface area (Å²) in [6.45, 7) is 10.9. The van der Waals surface area contributed by atoms with Crippen LogP contribution in [0, 0.1) is 17.1 Å². The molecule has 4 rings (SSSR count). The number of piperazine rings is 1. The van der Waals surface area contributed by atoms with Gasteiger partial charge in [-0.3, -0.25) is 4.79 Å². The molecule has 0 radical (unpaired) electrons. The van der Waals surface area contributed by atoms with E-state index in [2.05, 4.69) is 50.3 Å². The van der Waals surface area contributed by atoms with Crippen LogP contribution in [0.25, 0.3) is 0 Å². The molecule has 8 nitrogen and oxygen atoms in total. The van der Waals surface area contributed by atoms with E-state index in [0.717, 1.165) is 44.0 Å². The van der Waals surface area contributed by atoms with Crippen molar-refractivity contribution < 1.29 is 9.18 Å². The van der Waals surface area contributed by atoms with Gasteiger partial charge in [0.25, 0.3) is 0 Å². The predicted molar refractivity (Wildman–Crippen MR) is 151 cm³/mol. The van der Waals surface area contributed by atoms with E-state index >= 15 is 0 Å². The molecule has 10 heteroatoms. The molecule has 196 valence electrons. The van der Waals surface area contributed by atoms with Crippen LogP contribution in [0.5, 0.6) is 0 Å². The van der Waals surface area contributed by atoms with E-state index in [1.807, 2.05) is 18.2 Å². The van der Waals surface area contributed by atoms with Gasteiger partial charge in [-0.1, -0.05) is 31.2 Å². The average molecular weight is 534 g/mol. The maximum absolute atomic E-state index is 13.5. The number of rotatable bonds is 9. The number of nitrogens with zero attached hydrogens (tertiary/aromatic N) is 4. The van der Waals surface area contributed by atoms with Gasteiger partial charge in [0.1, 0.15) is 17.7 Å². The zero-order valence-electron chi connectivity index (χ0n) is 21.1. The molecule has 3 aromatic rings. The van der Waals surface area contributed by atoms with Gasteiger partial charge < -0.3 is 25.8 Å². The van der Waals surface area contributed by atoms with E-state index in [1.54, 1.807) is 12.1 Å². The number of halogens is 2. The summed E-state index contributed by atoms with van der Waals surface area (Å²) in [6.07, 6.45) is 2.69. The summed E-state index contributed by atoms with van der Waals surface area (Å²) in [5.74, 6) is -0.340. The van der Waals surface area contributed by atoms with Crippen molar-refractivity contribution in [3.8, 4) is 6.07 Å². The molecule has 0 unspecified atom stereocenters. The highest BCUT2D eigenvalue weighted by molar-refractivity contribution is 6.30. The molecule has 0 atom stereocenters. The highest BCUT2D eigenvalue weighted by Gasteiger charge is 2.18. The lowest BCUT2D eigenvalue weighted by Crippen LogP contribution is -2.46. The Balaban J connectivity index is 1.55. The Morgan fingerprint density at radius 1 is 1.16 bits per heavy atom. The molecule has 1 aromatic heterocycles. The molecule has 3 N–H and O–H groups in total. The van der Waals surface area contributed by atoms with Gasteiger partial charge in [-0.15, -0.1) is 0 Å². The van der Waals surface area contributed by atoms with Gasteiger partial charge in [0.2, 0.25) is 5.91 Å². The van der Waals surface area contributed by atoms with E-state index < -0.39 is 5.82 Å². The van der Waals surface area contributed by atoms with Crippen LogP contribution in [-0.2, 0) is 11.3 Å². The van der Waals surface area contributed by atoms with Crippen LogP contribution in [0.3, 0.4) is 0 Å². The lowest BCUT2D eigenvalue weighted by atomic mass is 10.1. The number of nitriles is 1. The topological polar surface area (TPSA) is 96.3 Å². The van der Waals surface area contributed by atoms with Gasteiger partial charge in [0.15, 0.2) is 0 Å². The first-order valence-corrected chi connectivity index (χ1v) is 12.7. The smallest absolute Gasteiger partial charge is 0.247 e. The number of amides is 1. The second kappa shape index (κ2) is 12.4. The summed E-state index contributed by atoms with van der Waals surface area (Å²) in [5.41, 5.74) is 3.91. The molecule has 1 saturated heterocycles. The highest BCUT2D eigenvalue weighted by atomic mass is 35.5. The van der Waals surface area contributed by atoms with Crippen molar-refractivity contribution in [1.82, 2.24) is 9.88 Å². The van der Waals surface area contributed by atoms with Crippen LogP contribution in [-0.4, -0.2) is 48.5 Å². The Morgan fingerprint density at radius 3 is 2.63 bits per heavy atom. The Bertz CT molecular complexity index is 1370. The maximum Gasteiger partial charge on any atom is 0.247 e. The van der Waals surface area contributed by atoms with Crippen LogP contribution in [0.15, 0.2) is 61.3 Å². The van der Waals surface area contributed by atoms with Crippen molar-refractivity contribution in [3.05, 3.63) is 83.3 Å². The summed E-state index contributed by atoms with van der Waals surface area (Å²) < 4.78 is 13.5. The molecule has 2 heterocycles. The number of benzene rings is 2. The number of aromatic nitrogens is 1. The summed E-state index contributed by atoms with van der Waals surface area (Å²) in [7, 11) is 0. The van der Waals surface area contributed by atoms with Gasteiger partial charge in [-0.2, -0.15) is 5.26 Å². The van der Waals surface area contributed by atoms with Gasteiger partial charge in [0, 0.05) is 50.7 Å². The quantitative estimate of drug-likeness (QED) is 0.318. The van der Waals surface area contributed by atoms with Crippen molar-refractivity contribution in [2.24, 2.45) is 0 Å². The Kier molecular flexibility index (Phi) is 8.79. The minimum atomic E-state index is -0.489. The van der Waals surface area contributed by atoms with Gasteiger partial charge >= 0.3 is 0 Å². The number of carbonyl (C=O) groups excluding carboxylic acids is 1. The third-order valence-electron chi connectivity index (χ3n) is 6.39. The lowest BCUT2D eigenvalue weighted by molar-refractivity contribution is -0.111. The van der Waals surface area contributed by atoms with E-state index in [-0.39, 0.29) is 10.9 Å². The molecule has 0 spiro atoms. The molecular formula is C28H29ClFN7O. The van der Waals surface area contributed by atoms with E-state index in [9.17, 15) is 14.4 Å². The maximum atomic E-state index is 13.5. The Labute approximate surface area is 226 Å². The van der Waals surface area contributed by atoms with Crippen LogP contribution in [0.2, 0.25) is 5.02 Å². The molecule has 1 fully saturated rings. The molecule has 1 aliphatic rings. The van der Waals surface area contributed by atoms with Gasteiger partial charge in [-0.25, -0.2) is 9.37 Å². The number of carbonyl (C=O) groups is 1. The number of anilines is 5. The summed E-state index contributed by atoms with van der Waals surface area (Å²) in [4.78, 5) is 21.2. The van der Waals surface area contributed by atoms with Crippen LogP contribution in [0.4, 0.5) is 33.0 Å². The number of pyridine rings is 1. The number of hydrogen-bond donors (Lipinski definition) is 3. The molecule has 0 aliphatic carbocycles. The van der Waals surface area contributed by atoms with Crippen molar-refractivity contribution in [2.75, 3.05) is 53.6 Å². The molecule has 1 amide bonds. The van der Waals surface area contributed by atoms with E-state index in [4.69, 9.17) is 11.6 Å². The van der Waals surface area contributed by atoms with Gasteiger partial charge in [-0.05, 0) is 48.5 Å². The summed E-state index contributed by atoms with van der Waals surface area (Å²) in [6, 6.07) is 14.1. The largest absolute Gasteiger partial charge is 0.380 e. The fourth-order valence-electron chi connectivity index (χ4n) is 4.19. The fourth-order valence-corrected chi connectivity index (χ4v) is 4.39. The SMILES string of the molecule is C=CC(=O)Nc1cc(N2CCN(CC)CC2)ccc1Nc1cc(NCc2ccc(F)c(Cl)c2)c(C#N)cn1. The second-order valence-corrected chi connectivity index (χ2v) is 9.21. The molecule has 2 aromatic carbocycles. The first-order chi connectivity index (χ1) is 18.4.